The van der Waals surface area contributed by atoms with Crippen molar-refractivity contribution in [2.24, 2.45) is 5.73 Å². The summed E-state index contributed by atoms with van der Waals surface area (Å²) in [5, 5.41) is 4.73. The number of anilines is 1. The van der Waals surface area contributed by atoms with Crippen LogP contribution in [0, 0.1) is 6.92 Å². The summed E-state index contributed by atoms with van der Waals surface area (Å²) in [7, 11) is 0. The van der Waals surface area contributed by atoms with Crippen LogP contribution >= 0.6 is 11.6 Å². The van der Waals surface area contributed by atoms with Crippen LogP contribution in [0.4, 0.5) is 5.69 Å². The third-order valence-electron chi connectivity index (χ3n) is 4.14. The van der Waals surface area contributed by atoms with E-state index in [1.54, 1.807) is 9.58 Å². The smallest absolute Gasteiger partial charge is 0.263 e. The first-order valence-electron chi connectivity index (χ1n) is 7.42. The molecule has 0 saturated heterocycles. The molecule has 0 saturated carbocycles. The minimum Gasteiger partial charge on any atom is -0.328 e. The molecule has 2 heterocycles. The lowest BCUT2D eigenvalue weighted by Crippen LogP contribution is -2.42. The number of hydrogen-bond acceptors (Lipinski definition) is 3. The molecule has 0 fully saturated rings. The van der Waals surface area contributed by atoms with Crippen molar-refractivity contribution in [2.75, 3.05) is 11.4 Å². The fourth-order valence-corrected chi connectivity index (χ4v) is 3.43. The molecule has 1 atom stereocenters. The number of carbonyl (C=O) groups excluding carboxylic acids is 1. The van der Waals surface area contributed by atoms with Crippen LogP contribution in [0.15, 0.2) is 24.3 Å². The van der Waals surface area contributed by atoms with Crippen LogP contribution in [0.3, 0.4) is 0 Å². The highest BCUT2D eigenvalue weighted by Crippen LogP contribution is 2.34. The van der Waals surface area contributed by atoms with Gasteiger partial charge in [-0.05, 0) is 31.9 Å². The number of nitrogens with zero attached hydrogens (tertiary/aromatic N) is 3. The predicted octanol–water partition coefficient (Wildman–Crippen LogP) is 2.40. The highest BCUT2D eigenvalue weighted by atomic mass is 35.5. The zero-order valence-corrected chi connectivity index (χ0v) is 13.5. The summed E-state index contributed by atoms with van der Waals surface area (Å²) in [4.78, 5) is 14.9. The highest BCUT2D eigenvalue weighted by Gasteiger charge is 2.35. The van der Waals surface area contributed by atoms with Gasteiger partial charge in [0.2, 0.25) is 0 Å². The van der Waals surface area contributed by atoms with E-state index in [9.17, 15) is 4.79 Å². The van der Waals surface area contributed by atoms with E-state index in [2.05, 4.69) is 5.10 Å². The van der Waals surface area contributed by atoms with Crippen molar-refractivity contribution in [3.63, 3.8) is 0 Å². The van der Waals surface area contributed by atoms with Gasteiger partial charge in [-0.1, -0.05) is 29.8 Å². The van der Waals surface area contributed by atoms with Gasteiger partial charge >= 0.3 is 0 Å². The molecule has 0 radical (unpaired) electrons. The number of fused-ring (bicyclic) bond motifs is 1. The lowest BCUT2D eigenvalue weighted by atomic mass is 10.1. The Hall–Kier alpha value is -1.85. The van der Waals surface area contributed by atoms with Gasteiger partial charge < -0.3 is 10.6 Å². The first-order valence-corrected chi connectivity index (χ1v) is 7.80. The molecule has 3 rings (SSSR count). The summed E-state index contributed by atoms with van der Waals surface area (Å²) in [6, 6.07) is 7.87. The van der Waals surface area contributed by atoms with Crippen LogP contribution < -0.4 is 10.6 Å². The fraction of sp³-hybridized carbons (Fsp3) is 0.375. The van der Waals surface area contributed by atoms with Crippen molar-refractivity contribution >= 4 is 23.2 Å². The standard InChI is InChI=1S/C16H19ClN4O/c1-3-20-15(17)14(10(2)19-20)16(22)21-12(9-18)8-11-6-4-5-7-13(11)21/h4-7,12H,3,8-9,18H2,1-2H3. The average Bonchev–Trinajstić information content (AvgIpc) is 3.03. The molecule has 6 heteroatoms. The van der Waals surface area contributed by atoms with Crippen molar-refractivity contribution in [1.29, 1.82) is 0 Å². The minimum absolute atomic E-state index is 0.0367. The molecule has 1 aliphatic heterocycles. The maximum Gasteiger partial charge on any atom is 0.263 e. The number of aryl methyl sites for hydroxylation is 2. The molecule has 1 aromatic carbocycles. The molecule has 1 unspecified atom stereocenters. The Balaban J connectivity index is 2.06. The zero-order valence-electron chi connectivity index (χ0n) is 12.7. The zero-order chi connectivity index (χ0) is 15.9. The number of nitrogens with two attached hydrogens (primary N) is 1. The van der Waals surface area contributed by atoms with Crippen molar-refractivity contribution in [2.45, 2.75) is 32.9 Å². The van der Waals surface area contributed by atoms with Crippen molar-refractivity contribution in [3.8, 4) is 0 Å². The second-order valence-electron chi connectivity index (χ2n) is 5.46. The lowest BCUT2D eigenvalue weighted by molar-refractivity contribution is 0.0980. The molecule has 0 aliphatic carbocycles. The molecule has 2 aromatic rings. The van der Waals surface area contributed by atoms with Gasteiger partial charge in [-0.15, -0.1) is 0 Å². The van der Waals surface area contributed by atoms with Crippen LogP contribution in [-0.2, 0) is 13.0 Å². The number of amides is 1. The summed E-state index contributed by atoms with van der Waals surface area (Å²) in [5.74, 6) is -0.123. The van der Waals surface area contributed by atoms with Gasteiger partial charge in [0.15, 0.2) is 0 Å². The predicted molar refractivity (Wildman–Crippen MR) is 87.4 cm³/mol. The molecule has 1 amide bonds. The first kappa shape index (κ1) is 15.1. The average molecular weight is 319 g/mol. The quantitative estimate of drug-likeness (QED) is 0.945. The van der Waals surface area contributed by atoms with Crippen LogP contribution in [0.2, 0.25) is 5.15 Å². The van der Waals surface area contributed by atoms with E-state index in [1.807, 2.05) is 38.1 Å². The van der Waals surface area contributed by atoms with Gasteiger partial charge in [-0.25, -0.2) is 0 Å². The highest BCUT2D eigenvalue weighted by molar-refractivity contribution is 6.34. The Morgan fingerprint density at radius 2 is 2.18 bits per heavy atom. The Bertz CT molecular complexity index is 725. The Kier molecular flexibility index (Phi) is 3.93. The maximum atomic E-state index is 13.1. The number of halogens is 1. The molecule has 1 aliphatic rings. The summed E-state index contributed by atoms with van der Waals surface area (Å²) >= 11 is 6.34. The van der Waals surface area contributed by atoms with Crippen molar-refractivity contribution in [3.05, 3.63) is 46.2 Å². The van der Waals surface area contributed by atoms with Crippen molar-refractivity contribution < 1.29 is 4.79 Å². The second-order valence-corrected chi connectivity index (χ2v) is 5.82. The molecule has 2 N–H and O–H groups in total. The fourth-order valence-electron chi connectivity index (χ4n) is 3.05. The molecular formula is C16H19ClN4O. The summed E-state index contributed by atoms with van der Waals surface area (Å²) in [5.41, 5.74) is 9.06. The van der Waals surface area contributed by atoms with Gasteiger partial charge in [0, 0.05) is 18.8 Å². The van der Waals surface area contributed by atoms with E-state index in [4.69, 9.17) is 17.3 Å². The maximum absolute atomic E-state index is 13.1. The minimum atomic E-state index is -0.123. The molecule has 22 heavy (non-hydrogen) atoms. The van der Waals surface area contributed by atoms with E-state index in [-0.39, 0.29) is 11.9 Å². The van der Waals surface area contributed by atoms with Crippen LogP contribution in [0.5, 0.6) is 0 Å². The third-order valence-corrected chi connectivity index (χ3v) is 4.53. The second kappa shape index (κ2) is 5.74. The van der Waals surface area contributed by atoms with Crippen LogP contribution in [0.25, 0.3) is 0 Å². The normalized spacial score (nSPS) is 16.9. The SMILES string of the molecule is CCn1nc(C)c(C(=O)N2c3ccccc3CC2CN)c1Cl. The molecule has 1 aromatic heterocycles. The molecular weight excluding hydrogens is 300 g/mol. The number of carbonyl (C=O) groups is 1. The summed E-state index contributed by atoms with van der Waals surface area (Å²) < 4.78 is 1.64. The van der Waals surface area contributed by atoms with E-state index < -0.39 is 0 Å². The monoisotopic (exact) mass is 318 g/mol. The third kappa shape index (κ3) is 2.21. The number of para-hydroxylation sites is 1. The Morgan fingerprint density at radius 1 is 1.45 bits per heavy atom. The molecule has 116 valence electrons. The van der Waals surface area contributed by atoms with Gasteiger partial charge in [-0.3, -0.25) is 9.48 Å². The number of rotatable bonds is 3. The Morgan fingerprint density at radius 3 is 2.82 bits per heavy atom. The lowest BCUT2D eigenvalue weighted by Gasteiger charge is -2.24. The number of benzene rings is 1. The van der Waals surface area contributed by atoms with Crippen LogP contribution in [0.1, 0.15) is 28.5 Å². The number of aromatic nitrogens is 2. The summed E-state index contributed by atoms with van der Waals surface area (Å²) in [6.45, 7) is 4.80. The van der Waals surface area contributed by atoms with E-state index in [1.165, 1.54) is 0 Å². The topological polar surface area (TPSA) is 64.2 Å². The Labute approximate surface area is 134 Å². The molecule has 0 spiro atoms. The summed E-state index contributed by atoms with van der Waals surface area (Å²) in [6.07, 6.45) is 0.775. The first-order chi connectivity index (χ1) is 10.6. The largest absolute Gasteiger partial charge is 0.328 e. The van der Waals surface area contributed by atoms with Gasteiger partial charge in [-0.2, -0.15) is 5.10 Å². The van der Waals surface area contributed by atoms with E-state index in [0.717, 1.165) is 17.7 Å². The van der Waals surface area contributed by atoms with Crippen molar-refractivity contribution in [1.82, 2.24) is 9.78 Å². The molecule has 5 nitrogen and oxygen atoms in total. The van der Waals surface area contributed by atoms with Gasteiger partial charge in [0.05, 0.1) is 17.3 Å². The molecule has 0 bridgehead atoms. The number of hydrogen-bond donors (Lipinski definition) is 1. The van der Waals surface area contributed by atoms with E-state index >= 15 is 0 Å². The van der Waals surface area contributed by atoms with Crippen LogP contribution in [-0.4, -0.2) is 28.3 Å². The van der Waals surface area contributed by atoms with E-state index in [0.29, 0.717) is 29.5 Å². The van der Waals surface area contributed by atoms with Gasteiger partial charge in [0.1, 0.15) is 5.15 Å². The van der Waals surface area contributed by atoms with Gasteiger partial charge in [0.25, 0.3) is 5.91 Å².